The lowest BCUT2D eigenvalue weighted by molar-refractivity contribution is 0.0988. The maximum absolute atomic E-state index is 12.1. The van der Waals surface area contributed by atoms with Crippen molar-refractivity contribution in [1.29, 1.82) is 0 Å². The van der Waals surface area contributed by atoms with Gasteiger partial charge in [0.25, 0.3) is 5.91 Å². The van der Waals surface area contributed by atoms with Gasteiger partial charge in [0.05, 0.1) is 0 Å². The summed E-state index contributed by atoms with van der Waals surface area (Å²) in [6, 6.07) is 11.2. The highest BCUT2D eigenvalue weighted by Gasteiger charge is 2.28. The molecule has 2 aromatic heterocycles. The Balaban J connectivity index is 1.49. The van der Waals surface area contributed by atoms with Crippen LogP contribution in [0.15, 0.2) is 40.9 Å². The third kappa shape index (κ3) is 2.62. The van der Waals surface area contributed by atoms with E-state index in [2.05, 4.69) is 20.7 Å². The third-order valence-electron chi connectivity index (χ3n) is 3.39. The van der Waals surface area contributed by atoms with Crippen molar-refractivity contribution in [3.63, 3.8) is 0 Å². The molecule has 0 bridgehead atoms. The minimum atomic E-state index is -0.367. The van der Waals surface area contributed by atoms with E-state index in [0.29, 0.717) is 16.7 Å². The Morgan fingerprint density at radius 1 is 1.23 bits per heavy atom. The lowest BCUT2D eigenvalue weighted by Gasteiger charge is -1.94. The first-order chi connectivity index (χ1) is 10.8. The highest BCUT2D eigenvalue weighted by molar-refractivity contribution is 7.15. The zero-order chi connectivity index (χ0) is 14.9. The van der Waals surface area contributed by atoms with Gasteiger partial charge in [0.15, 0.2) is 0 Å². The molecular formula is C15H12N4O2S. The predicted molar refractivity (Wildman–Crippen MR) is 81.8 cm³/mol. The molecule has 4 rings (SSSR count). The van der Waals surface area contributed by atoms with Gasteiger partial charge in [-0.15, -0.1) is 10.2 Å². The number of nitrogens with one attached hydrogen (secondary N) is 1. The fourth-order valence-corrected chi connectivity index (χ4v) is 2.97. The number of carbonyl (C=O) groups excluding carboxylic acids is 1. The molecule has 1 N–H and O–H groups in total. The lowest BCUT2D eigenvalue weighted by Crippen LogP contribution is -2.10. The SMILES string of the molecule is O=C(Nc1nnc(C2CC2)s1)c1cc(-c2ccccc2)no1. The van der Waals surface area contributed by atoms with Gasteiger partial charge in [-0.2, -0.15) is 0 Å². The van der Waals surface area contributed by atoms with Crippen molar-refractivity contribution in [3.8, 4) is 11.3 Å². The van der Waals surface area contributed by atoms with Crippen LogP contribution in [0.4, 0.5) is 5.13 Å². The van der Waals surface area contributed by atoms with Gasteiger partial charge in [0, 0.05) is 17.5 Å². The highest BCUT2D eigenvalue weighted by atomic mass is 32.1. The summed E-state index contributed by atoms with van der Waals surface area (Å²) in [5, 5.41) is 16.2. The molecule has 6 nitrogen and oxygen atoms in total. The summed E-state index contributed by atoms with van der Waals surface area (Å²) in [5.74, 6) is 0.313. The van der Waals surface area contributed by atoms with Gasteiger partial charge >= 0.3 is 0 Å². The zero-order valence-electron chi connectivity index (χ0n) is 11.5. The monoisotopic (exact) mass is 312 g/mol. The average Bonchev–Trinajstić information content (AvgIpc) is 3.10. The van der Waals surface area contributed by atoms with Crippen molar-refractivity contribution >= 4 is 22.4 Å². The summed E-state index contributed by atoms with van der Waals surface area (Å²) in [4.78, 5) is 12.1. The van der Waals surface area contributed by atoms with E-state index in [1.54, 1.807) is 6.07 Å². The van der Waals surface area contributed by atoms with E-state index < -0.39 is 0 Å². The molecule has 0 atom stereocenters. The molecule has 0 spiro atoms. The van der Waals surface area contributed by atoms with Crippen molar-refractivity contribution in [2.45, 2.75) is 18.8 Å². The van der Waals surface area contributed by atoms with Crippen molar-refractivity contribution < 1.29 is 9.32 Å². The van der Waals surface area contributed by atoms with Crippen molar-refractivity contribution in [2.75, 3.05) is 5.32 Å². The number of amides is 1. The lowest BCUT2D eigenvalue weighted by atomic mass is 10.1. The second-order valence-electron chi connectivity index (χ2n) is 5.12. The van der Waals surface area contributed by atoms with Crippen LogP contribution >= 0.6 is 11.3 Å². The van der Waals surface area contributed by atoms with Crippen LogP contribution in [0.3, 0.4) is 0 Å². The van der Waals surface area contributed by atoms with E-state index in [1.807, 2.05) is 30.3 Å². The Bertz CT molecular complexity index is 808. The van der Waals surface area contributed by atoms with Crippen LogP contribution < -0.4 is 5.32 Å². The summed E-state index contributed by atoms with van der Waals surface area (Å²) in [6.45, 7) is 0. The first-order valence-electron chi connectivity index (χ1n) is 6.96. The average molecular weight is 312 g/mol. The minimum Gasteiger partial charge on any atom is -0.350 e. The molecule has 22 heavy (non-hydrogen) atoms. The summed E-state index contributed by atoms with van der Waals surface area (Å²) in [7, 11) is 0. The Kier molecular flexibility index (Phi) is 3.19. The van der Waals surface area contributed by atoms with Crippen LogP contribution in [-0.2, 0) is 0 Å². The van der Waals surface area contributed by atoms with Gasteiger partial charge in [0.1, 0.15) is 10.7 Å². The number of hydrogen-bond acceptors (Lipinski definition) is 6. The number of anilines is 1. The summed E-state index contributed by atoms with van der Waals surface area (Å²) in [5.41, 5.74) is 1.53. The number of rotatable bonds is 4. The Morgan fingerprint density at radius 3 is 2.82 bits per heavy atom. The van der Waals surface area contributed by atoms with Gasteiger partial charge in [-0.1, -0.05) is 46.8 Å². The van der Waals surface area contributed by atoms with Crippen LogP contribution in [0, 0.1) is 0 Å². The maximum Gasteiger partial charge on any atom is 0.296 e. The molecule has 1 fully saturated rings. The number of nitrogens with zero attached hydrogens (tertiary/aromatic N) is 3. The molecule has 0 aliphatic heterocycles. The van der Waals surface area contributed by atoms with E-state index in [1.165, 1.54) is 11.3 Å². The first kappa shape index (κ1) is 13.1. The third-order valence-corrected chi connectivity index (χ3v) is 4.39. The molecule has 2 heterocycles. The molecule has 0 saturated heterocycles. The topological polar surface area (TPSA) is 80.9 Å². The largest absolute Gasteiger partial charge is 0.350 e. The standard InChI is InChI=1S/C15H12N4O2S/c20-13(16-15-18-17-14(22-15)10-6-7-10)12-8-11(19-21-12)9-4-2-1-3-5-9/h1-5,8,10H,6-7H2,(H,16,18,20). The first-order valence-corrected chi connectivity index (χ1v) is 7.78. The summed E-state index contributed by atoms with van der Waals surface area (Å²) >= 11 is 1.41. The Morgan fingerprint density at radius 2 is 2.05 bits per heavy atom. The number of aromatic nitrogens is 3. The van der Waals surface area contributed by atoms with Crippen molar-refractivity contribution in [2.24, 2.45) is 0 Å². The smallest absolute Gasteiger partial charge is 0.296 e. The van der Waals surface area contributed by atoms with Gasteiger partial charge in [-0.25, -0.2) is 0 Å². The molecule has 1 aromatic carbocycles. The Labute approximate surface area is 130 Å². The van der Waals surface area contributed by atoms with Crippen molar-refractivity contribution in [3.05, 3.63) is 47.2 Å². The molecular weight excluding hydrogens is 300 g/mol. The normalized spacial score (nSPS) is 14.0. The van der Waals surface area contributed by atoms with E-state index in [0.717, 1.165) is 23.4 Å². The minimum absolute atomic E-state index is 0.155. The van der Waals surface area contributed by atoms with Gasteiger partial charge in [-0.3, -0.25) is 10.1 Å². The molecule has 1 aliphatic carbocycles. The van der Waals surface area contributed by atoms with Gasteiger partial charge in [0.2, 0.25) is 10.9 Å². The fourth-order valence-electron chi connectivity index (χ4n) is 2.07. The molecule has 110 valence electrons. The summed E-state index contributed by atoms with van der Waals surface area (Å²) < 4.78 is 5.11. The second-order valence-corrected chi connectivity index (χ2v) is 6.13. The van der Waals surface area contributed by atoms with Crippen molar-refractivity contribution in [1.82, 2.24) is 15.4 Å². The van der Waals surface area contributed by atoms with Crippen LogP contribution in [-0.4, -0.2) is 21.3 Å². The second kappa shape index (κ2) is 5.34. The quantitative estimate of drug-likeness (QED) is 0.799. The maximum atomic E-state index is 12.1. The van der Waals surface area contributed by atoms with Gasteiger partial charge in [-0.05, 0) is 12.8 Å². The van der Waals surface area contributed by atoms with Crippen LogP contribution in [0.5, 0.6) is 0 Å². The van der Waals surface area contributed by atoms with Crippen LogP contribution in [0.1, 0.15) is 34.3 Å². The van der Waals surface area contributed by atoms with Gasteiger partial charge < -0.3 is 4.52 Å². The zero-order valence-corrected chi connectivity index (χ0v) is 12.3. The molecule has 0 unspecified atom stereocenters. The number of hydrogen-bond donors (Lipinski definition) is 1. The van der Waals surface area contributed by atoms with Crippen LogP contribution in [0.25, 0.3) is 11.3 Å². The highest BCUT2D eigenvalue weighted by Crippen LogP contribution is 2.42. The van der Waals surface area contributed by atoms with E-state index >= 15 is 0 Å². The summed E-state index contributed by atoms with van der Waals surface area (Å²) in [6.07, 6.45) is 2.32. The van der Waals surface area contributed by atoms with Crippen LogP contribution in [0.2, 0.25) is 0 Å². The molecule has 1 saturated carbocycles. The number of carbonyl (C=O) groups is 1. The Hall–Kier alpha value is -2.54. The molecule has 0 radical (unpaired) electrons. The number of benzene rings is 1. The molecule has 1 aliphatic rings. The molecule has 7 heteroatoms. The predicted octanol–water partition coefficient (Wildman–Crippen LogP) is 3.32. The van der Waals surface area contributed by atoms with E-state index in [9.17, 15) is 4.79 Å². The molecule has 1 amide bonds. The fraction of sp³-hybridized carbons (Fsp3) is 0.200. The molecule has 3 aromatic rings. The van der Waals surface area contributed by atoms with E-state index in [4.69, 9.17) is 4.52 Å². The van der Waals surface area contributed by atoms with E-state index in [-0.39, 0.29) is 11.7 Å².